The molecule has 6 heteroatoms. The predicted molar refractivity (Wildman–Crippen MR) is 81.8 cm³/mol. The second-order valence-electron chi connectivity index (χ2n) is 4.02. The molecule has 3 rings (SSSR count). The molecule has 2 aromatic rings. The first-order valence-electron chi connectivity index (χ1n) is 5.79. The summed E-state index contributed by atoms with van der Waals surface area (Å²) in [5.74, 6) is 1.45. The van der Waals surface area contributed by atoms with Crippen molar-refractivity contribution in [2.45, 2.75) is 6.54 Å². The van der Waals surface area contributed by atoms with Crippen LogP contribution in [-0.4, -0.2) is 13.2 Å². The van der Waals surface area contributed by atoms with Crippen molar-refractivity contribution in [2.24, 2.45) is 0 Å². The second-order valence-corrected chi connectivity index (χ2v) is 6.28. The first-order valence-corrected chi connectivity index (χ1v) is 7.84. The summed E-state index contributed by atoms with van der Waals surface area (Å²) in [7, 11) is 0. The van der Waals surface area contributed by atoms with Gasteiger partial charge in [-0.05, 0) is 27.4 Å². The summed E-state index contributed by atoms with van der Waals surface area (Å²) in [6.07, 6.45) is 0. The Kier molecular flexibility index (Phi) is 3.86. The standard InChI is InChI=1S/C13H11BrClNO2S/c14-8-1-4-19-13(8)7-16-10-6-12-11(5-9(10)15)17-2-3-18-12/h1,4-6,16H,2-3,7H2. The molecule has 0 fully saturated rings. The number of hydrogen-bond acceptors (Lipinski definition) is 4. The molecular formula is C13H11BrClNO2S. The fourth-order valence-corrected chi connectivity index (χ4v) is 3.48. The average molecular weight is 361 g/mol. The molecule has 0 bridgehead atoms. The molecule has 1 aliphatic heterocycles. The highest BCUT2D eigenvalue weighted by atomic mass is 79.9. The lowest BCUT2D eigenvalue weighted by Gasteiger charge is -2.20. The molecule has 0 saturated carbocycles. The third-order valence-corrected chi connectivity index (χ3v) is 5.00. The number of thiophene rings is 1. The van der Waals surface area contributed by atoms with Crippen LogP contribution in [0.25, 0.3) is 0 Å². The van der Waals surface area contributed by atoms with E-state index in [1.54, 1.807) is 17.4 Å². The Morgan fingerprint density at radius 2 is 2.00 bits per heavy atom. The van der Waals surface area contributed by atoms with Crippen molar-refractivity contribution in [1.82, 2.24) is 0 Å². The van der Waals surface area contributed by atoms with E-state index >= 15 is 0 Å². The summed E-state index contributed by atoms with van der Waals surface area (Å²) >= 11 is 11.4. The van der Waals surface area contributed by atoms with Crippen molar-refractivity contribution in [1.29, 1.82) is 0 Å². The molecular weight excluding hydrogens is 350 g/mol. The third kappa shape index (κ3) is 2.83. The Bertz CT molecular complexity index is 602. The summed E-state index contributed by atoms with van der Waals surface area (Å²) in [6, 6.07) is 5.72. The van der Waals surface area contributed by atoms with Crippen molar-refractivity contribution in [3.05, 3.63) is 38.0 Å². The van der Waals surface area contributed by atoms with Gasteiger partial charge in [0.1, 0.15) is 13.2 Å². The number of anilines is 1. The zero-order chi connectivity index (χ0) is 13.2. The highest BCUT2D eigenvalue weighted by molar-refractivity contribution is 9.10. The Labute approximate surface area is 128 Å². The minimum Gasteiger partial charge on any atom is -0.486 e. The minimum absolute atomic E-state index is 0.568. The van der Waals surface area contributed by atoms with E-state index in [1.807, 2.05) is 17.5 Å². The Hall–Kier alpha value is -0.910. The maximum absolute atomic E-state index is 6.23. The zero-order valence-electron chi connectivity index (χ0n) is 9.91. The normalized spacial score (nSPS) is 13.4. The predicted octanol–water partition coefficient (Wildman–Crippen LogP) is 4.55. The lowest BCUT2D eigenvalue weighted by Crippen LogP contribution is -2.15. The molecule has 2 heterocycles. The molecule has 0 saturated heterocycles. The van der Waals surface area contributed by atoms with Gasteiger partial charge in [0.25, 0.3) is 0 Å². The maximum Gasteiger partial charge on any atom is 0.163 e. The molecule has 100 valence electrons. The second kappa shape index (κ2) is 5.61. The van der Waals surface area contributed by atoms with E-state index in [0.717, 1.165) is 22.5 Å². The van der Waals surface area contributed by atoms with Crippen LogP contribution in [0.4, 0.5) is 5.69 Å². The lowest BCUT2D eigenvalue weighted by molar-refractivity contribution is 0.171. The van der Waals surface area contributed by atoms with Gasteiger partial charge >= 0.3 is 0 Å². The number of benzene rings is 1. The highest BCUT2D eigenvalue weighted by Gasteiger charge is 2.15. The SMILES string of the molecule is Clc1cc2c(cc1NCc1sccc1Br)OCCO2. The van der Waals surface area contributed by atoms with Gasteiger partial charge in [0.2, 0.25) is 0 Å². The van der Waals surface area contributed by atoms with Crippen LogP contribution in [-0.2, 0) is 6.54 Å². The molecule has 0 spiro atoms. The van der Waals surface area contributed by atoms with Gasteiger partial charge in [-0.15, -0.1) is 11.3 Å². The fourth-order valence-electron chi connectivity index (χ4n) is 1.83. The van der Waals surface area contributed by atoms with E-state index in [1.165, 1.54) is 4.88 Å². The zero-order valence-corrected chi connectivity index (χ0v) is 13.1. The van der Waals surface area contributed by atoms with Crippen molar-refractivity contribution in [3.63, 3.8) is 0 Å². The van der Waals surface area contributed by atoms with Crippen LogP contribution in [0.3, 0.4) is 0 Å². The molecule has 1 aliphatic rings. The van der Waals surface area contributed by atoms with Crippen LogP contribution >= 0.6 is 38.9 Å². The van der Waals surface area contributed by atoms with E-state index in [0.29, 0.717) is 24.0 Å². The summed E-state index contributed by atoms with van der Waals surface area (Å²) < 4.78 is 12.1. The molecule has 1 N–H and O–H groups in total. The van der Waals surface area contributed by atoms with Gasteiger partial charge in [-0.25, -0.2) is 0 Å². The number of fused-ring (bicyclic) bond motifs is 1. The fraction of sp³-hybridized carbons (Fsp3) is 0.231. The van der Waals surface area contributed by atoms with Crippen molar-refractivity contribution in [3.8, 4) is 11.5 Å². The van der Waals surface area contributed by atoms with Gasteiger partial charge in [0.15, 0.2) is 11.5 Å². The number of ether oxygens (including phenoxy) is 2. The number of hydrogen-bond donors (Lipinski definition) is 1. The van der Waals surface area contributed by atoms with Crippen LogP contribution in [0.2, 0.25) is 5.02 Å². The molecule has 1 aromatic heterocycles. The number of halogens is 2. The summed E-state index contributed by atoms with van der Waals surface area (Å²) in [5.41, 5.74) is 0.853. The Balaban J connectivity index is 1.79. The molecule has 0 amide bonds. The van der Waals surface area contributed by atoms with Gasteiger partial charge < -0.3 is 14.8 Å². The van der Waals surface area contributed by atoms with E-state index in [-0.39, 0.29) is 0 Å². The van der Waals surface area contributed by atoms with Crippen molar-refractivity contribution in [2.75, 3.05) is 18.5 Å². The Morgan fingerprint density at radius 3 is 2.68 bits per heavy atom. The van der Waals surface area contributed by atoms with Crippen LogP contribution in [0.15, 0.2) is 28.1 Å². The molecule has 1 aromatic carbocycles. The molecule has 0 atom stereocenters. The molecule has 19 heavy (non-hydrogen) atoms. The van der Waals surface area contributed by atoms with Gasteiger partial charge in [0.05, 0.1) is 17.3 Å². The third-order valence-electron chi connectivity index (χ3n) is 2.76. The van der Waals surface area contributed by atoms with E-state index in [9.17, 15) is 0 Å². The maximum atomic E-state index is 6.23. The minimum atomic E-state index is 0.568. The smallest absolute Gasteiger partial charge is 0.163 e. The van der Waals surface area contributed by atoms with Crippen molar-refractivity contribution < 1.29 is 9.47 Å². The van der Waals surface area contributed by atoms with E-state index < -0.39 is 0 Å². The van der Waals surface area contributed by atoms with E-state index in [2.05, 4.69) is 21.2 Å². The van der Waals surface area contributed by atoms with Gasteiger partial charge in [-0.2, -0.15) is 0 Å². The van der Waals surface area contributed by atoms with Crippen LogP contribution in [0.5, 0.6) is 11.5 Å². The lowest BCUT2D eigenvalue weighted by atomic mass is 10.2. The van der Waals surface area contributed by atoms with Crippen LogP contribution in [0.1, 0.15) is 4.88 Å². The van der Waals surface area contributed by atoms with Crippen molar-refractivity contribution >= 4 is 44.6 Å². The summed E-state index contributed by atoms with van der Waals surface area (Å²) in [5, 5.41) is 6.00. The quantitative estimate of drug-likeness (QED) is 0.871. The Morgan fingerprint density at radius 1 is 1.26 bits per heavy atom. The highest BCUT2D eigenvalue weighted by Crippen LogP contribution is 2.38. The first kappa shape index (κ1) is 13.1. The van der Waals surface area contributed by atoms with E-state index in [4.69, 9.17) is 21.1 Å². The summed E-state index contributed by atoms with van der Waals surface area (Å²) in [6.45, 7) is 1.86. The molecule has 0 radical (unpaired) electrons. The average Bonchev–Trinajstić information content (AvgIpc) is 2.82. The number of rotatable bonds is 3. The van der Waals surface area contributed by atoms with Crippen LogP contribution < -0.4 is 14.8 Å². The molecule has 0 unspecified atom stereocenters. The number of nitrogens with one attached hydrogen (secondary N) is 1. The first-order chi connectivity index (χ1) is 9.24. The molecule has 0 aliphatic carbocycles. The summed E-state index contributed by atoms with van der Waals surface area (Å²) in [4.78, 5) is 1.23. The van der Waals surface area contributed by atoms with Gasteiger partial charge in [0, 0.05) is 21.5 Å². The monoisotopic (exact) mass is 359 g/mol. The van der Waals surface area contributed by atoms with Crippen LogP contribution in [0, 0.1) is 0 Å². The largest absolute Gasteiger partial charge is 0.486 e. The molecule has 3 nitrogen and oxygen atoms in total. The van der Waals surface area contributed by atoms with Gasteiger partial charge in [-0.3, -0.25) is 0 Å². The topological polar surface area (TPSA) is 30.5 Å². The van der Waals surface area contributed by atoms with Gasteiger partial charge in [-0.1, -0.05) is 11.6 Å².